The topological polar surface area (TPSA) is 72.9 Å². The summed E-state index contributed by atoms with van der Waals surface area (Å²) in [5.74, 6) is -0.489. The molecule has 0 fully saturated rings. The van der Waals surface area contributed by atoms with Gasteiger partial charge in [0.1, 0.15) is 12.0 Å². The molecular formula is C21H23NO5. The van der Waals surface area contributed by atoms with Crippen molar-refractivity contribution in [2.45, 2.75) is 20.4 Å². The first-order valence-electron chi connectivity index (χ1n) is 8.53. The van der Waals surface area contributed by atoms with Crippen molar-refractivity contribution >= 4 is 18.2 Å². The zero-order chi connectivity index (χ0) is 19.8. The second-order valence-electron chi connectivity index (χ2n) is 6.32. The molecule has 0 radical (unpaired) electrons. The van der Waals surface area contributed by atoms with E-state index in [2.05, 4.69) is 6.07 Å². The highest BCUT2D eigenvalue weighted by molar-refractivity contribution is 5.81. The molecule has 0 aromatic heterocycles. The van der Waals surface area contributed by atoms with Crippen LogP contribution in [-0.4, -0.2) is 43.3 Å². The largest absolute Gasteiger partial charge is 0.482 e. The average Bonchev–Trinajstić information content (AvgIpc) is 2.66. The average molecular weight is 369 g/mol. The monoisotopic (exact) mass is 369 g/mol. The Kier molecular flexibility index (Phi) is 7.11. The highest BCUT2D eigenvalue weighted by atomic mass is 16.6. The summed E-state index contributed by atoms with van der Waals surface area (Å²) >= 11 is 0. The van der Waals surface area contributed by atoms with Gasteiger partial charge in [-0.15, -0.1) is 0 Å². The Balaban J connectivity index is 1.76. The number of rotatable bonds is 8. The van der Waals surface area contributed by atoms with Gasteiger partial charge in [0.15, 0.2) is 13.2 Å². The number of carbonyl (C=O) groups is 3. The van der Waals surface area contributed by atoms with Crippen LogP contribution in [0, 0.1) is 13.8 Å². The summed E-state index contributed by atoms with van der Waals surface area (Å²) in [7, 11) is 1.67. The molecule has 2 aromatic carbocycles. The fourth-order valence-corrected chi connectivity index (χ4v) is 2.45. The third-order valence-corrected chi connectivity index (χ3v) is 4.06. The number of benzene rings is 2. The van der Waals surface area contributed by atoms with E-state index >= 15 is 0 Å². The van der Waals surface area contributed by atoms with Crippen LogP contribution in [0.3, 0.4) is 0 Å². The number of hydrogen-bond donors (Lipinski definition) is 0. The van der Waals surface area contributed by atoms with Gasteiger partial charge in [-0.05, 0) is 49.2 Å². The van der Waals surface area contributed by atoms with Crippen molar-refractivity contribution in [3.8, 4) is 5.75 Å². The summed E-state index contributed by atoms with van der Waals surface area (Å²) in [6, 6.07) is 12.4. The van der Waals surface area contributed by atoms with Gasteiger partial charge in [0, 0.05) is 19.2 Å². The van der Waals surface area contributed by atoms with Gasteiger partial charge in [-0.25, -0.2) is 4.79 Å². The predicted octanol–water partition coefficient (Wildman–Crippen LogP) is 2.70. The molecule has 0 unspecified atom stereocenters. The van der Waals surface area contributed by atoms with Crippen molar-refractivity contribution in [2.24, 2.45) is 0 Å². The highest BCUT2D eigenvalue weighted by Gasteiger charge is 2.14. The van der Waals surface area contributed by atoms with Crippen LogP contribution in [0.5, 0.6) is 5.75 Å². The van der Waals surface area contributed by atoms with E-state index in [1.807, 2.05) is 26.0 Å². The van der Waals surface area contributed by atoms with Crippen LogP contribution < -0.4 is 4.74 Å². The van der Waals surface area contributed by atoms with Gasteiger partial charge in [0.05, 0.1) is 0 Å². The zero-order valence-electron chi connectivity index (χ0n) is 15.7. The Bertz CT molecular complexity index is 814. The SMILES string of the molecule is Cc1ccc(CN(C)C(=O)COC(=O)COc2ccc(C=O)cc2)c(C)c1. The predicted molar refractivity (Wildman–Crippen MR) is 101 cm³/mol. The molecule has 0 heterocycles. The second-order valence-corrected chi connectivity index (χ2v) is 6.32. The Labute approximate surface area is 158 Å². The normalized spacial score (nSPS) is 10.2. The van der Waals surface area contributed by atoms with Crippen LogP contribution in [0.1, 0.15) is 27.0 Å². The minimum absolute atomic E-state index is 0.293. The maximum atomic E-state index is 12.1. The van der Waals surface area contributed by atoms with Gasteiger partial charge < -0.3 is 14.4 Å². The number of likely N-dealkylation sites (N-methyl/N-ethyl adjacent to an activating group) is 1. The molecule has 0 N–H and O–H groups in total. The van der Waals surface area contributed by atoms with E-state index in [1.54, 1.807) is 31.3 Å². The summed E-state index contributed by atoms with van der Waals surface area (Å²) < 4.78 is 10.2. The van der Waals surface area contributed by atoms with Gasteiger partial charge in [-0.3, -0.25) is 9.59 Å². The third kappa shape index (κ3) is 6.26. The summed E-state index contributed by atoms with van der Waals surface area (Å²) in [5.41, 5.74) is 3.84. The Morgan fingerprint density at radius 2 is 1.74 bits per heavy atom. The fraction of sp³-hybridized carbons (Fsp3) is 0.286. The Morgan fingerprint density at radius 1 is 1.04 bits per heavy atom. The third-order valence-electron chi connectivity index (χ3n) is 4.06. The lowest BCUT2D eigenvalue weighted by molar-refractivity contribution is -0.153. The quantitative estimate of drug-likeness (QED) is 0.528. The molecule has 6 nitrogen and oxygen atoms in total. The molecule has 142 valence electrons. The van der Waals surface area contributed by atoms with Gasteiger partial charge in [-0.2, -0.15) is 0 Å². The lowest BCUT2D eigenvalue weighted by Crippen LogP contribution is -2.31. The van der Waals surface area contributed by atoms with Crippen molar-refractivity contribution in [3.63, 3.8) is 0 Å². The van der Waals surface area contributed by atoms with E-state index in [0.29, 0.717) is 17.9 Å². The molecule has 27 heavy (non-hydrogen) atoms. The molecule has 0 aliphatic carbocycles. The van der Waals surface area contributed by atoms with Gasteiger partial charge in [0.2, 0.25) is 0 Å². The van der Waals surface area contributed by atoms with E-state index < -0.39 is 5.97 Å². The molecule has 2 aromatic rings. The number of ether oxygens (including phenoxy) is 2. The van der Waals surface area contributed by atoms with Gasteiger partial charge in [0.25, 0.3) is 5.91 Å². The smallest absolute Gasteiger partial charge is 0.344 e. The standard InChI is InChI=1S/C21H23NO5/c1-15-4-7-18(16(2)10-15)11-22(3)20(24)13-27-21(25)14-26-19-8-5-17(12-23)6-9-19/h4-10,12H,11,13-14H2,1-3H3. The van der Waals surface area contributed by atoms with Crippen LogP contribution in [0.15, 0.2) is 42.5 Å². The summed E-state index contributed by atoms with van der Waals surface area (Å²) in [5, 5.41) is 0. The van der Waals surface area contributed by atoms with E-state index in [-0.39, 0.29) is 19.1 Å². The first kappa shape index (κ1) is 20.2. The molecular weight excluding hydrogens is 346 g/mol. The first-order chi connectivity index (χ1) is 12.9. The lowest BCUT2D eigenvalue weighted by Gasteiger charge is -2.18. The number of aldehydes is 1. The number of aryl methyl sites for hydroxylation is 2. The number of carbonyl (C=O) groups excluding carboxylic acids is 3. The molecule has 0 atom stereocenters. The summed E-state index contributed by atoms with van der Waals surface area (Å²) in [6.45, 7) is 3.81. The van der Waals surface area contributed by atoms with Crippen LogP contribution >= 0.6 is 0 Å². The number of esters is 1. The molecule has 2 rings (SSSR count). The molecule has 0 aliphatic rings. The Hall–Kier alpha value is -3.15. The van der Waals surface area contributed by atoms with Crippen molar-refractivity contribution in [1.29, 1.82) is 0 Å². The molecule has 0 spiro atoms. The van der Waals surface area contributed by atoms with E-state index in [4.69, 9.17) is 9.47 Å². The minimum Gasteiger partial charge on any atom is -0.482 e. The first-order valence-corrected chi connectivity index (χ1v) is 8.53. The lowest BCUT2D eigenvalue weighted by atomic mass is 10.1. The molecule has 0 saturated heterocycles. The maximum Gasteiger partial charge on any atom is 0.344 e. The van der Waals surface area contributed by atoms with Crippen molar-refractivity contribution in [2.75, 3.05) is 20.3 Å². The highest BCUT2D eigenvalue weighted by Crippen LogP contribution is 2.13. The van der Waals surface area contributed by atoms with E-state index in [9.17, 15) is 14.4 Å². The minimum atomic E-state index is -0.636. The Morgan fingerprint density at radius 3 is 2.37 bits per heavy atom. The van der Waals surface area contributed by atoms with Crippen molar-refractivity contribution in [3.05, 3.63) is 64.7 Å². The van der Waals surface area contributed by atoms with Crippen LogP contribution in [0.2, 0.25) is 0 Å². The zero-order valence-corrected chi connectivity index (χ0v) is 15.7. The van der Waals surface area contributed by atoms with Gasteiger partial charge in [-0.1, -0.05) is 23.8 Å². The van der Waals surface area contributed by atoms with Gasteiger partial charge >= 0.3 is 5.97 Å². The molecule has 0 saturated carbocycles. The van der Waals surface area contributed by atoms with Crippen molar-refractivity contribution < 1.29 is 23.9 Å². The molecule has 1 amide bonds. The molecule has 6 heteroatoms. The molecule has 0 aliphatic heterocycles. The van der Waals surface area contributed by atoms with Crippen LogP contribution in [0.4, 0.5) is 0 Å². The maximum absolute atomic E-state index is 12.1. The number of amides is 1. The van der Waals surface area contributed by atoms with E-state index in [1.165, 1.54) is 10.5 Å². The van der Waals surface area contributed by atoms with Crippen molar-refractivity contribution in [1.82, 2.24) is 4.90 Å². The molecule has 0 bridgehead atoms. The fourth-order valence-electron chi connectivity index (χ4n) is 2.45. The van der Waals surface area contributed by atoms with Crippen LogP contribution in [0.25, 0.3) is 0 Å². The number of nitrogens with zero attached hydrogens (tertiary/aromatic N) is 1. The number of hydrogen-bond acceptors (Lipinski definition) is 5. The van der Waals surface area contributed by atoms with Crippen LogP contribution in [-0.2, 0) is 20.9 Å². The van der Waals surface area contributed by atoms with E-state index in [0.717, 1.165) is 17.4 Å². The summed E-state index contributed by atoms with van der Waals surface area (Å²) in [4.78, 5) is 36.0. The summed E-state index contributed by atoms with van der Waals surface area (Å²) in [6.07, 6.45) is 0.720. The second kappa shape index (κ2) is 9.52.